The number of fused-ring (bicyclic) bond motifs is 1. The first-order chi connectivity index (χ1) is 19.2. The van der Waals surface area contributed by atoms with E-state index in [1.54, 1.807) is 6.20 Å². The van der Waals surface area contributed by atoms with Gasteiger partial charge in [0.2, 0.25) is 0 Å². The van der Waals surface area contributed by atoms with Crippen molar-refractivity contribution in [1.82, 2.24) is 24.5 Å². The molecular formula is C31H31BN6O. The number of carbonyl (C=O) groups is 1. The average Bonchev–Trinajstić information content (AvgIpc) is 3.37. The minimum absolute atomic E-state index is 0.119. The second kappa shape index (κ2) is 11.1. The third-order valence-electron chi connectivity index (χ3n) is 7.55. The average molecular weight is 514 g/mol. The number of hydrogen-bond acceptors (Lipinski definition) is 5. The molecule has 0 spiro atoms. The Hall–Kier alpha value is -4.46. The summed E-state index contributed by atoms with van der Waals surface area (Å²) >= 11 is 0. The van der Waals surface area contributed by atoms with E-state index in [4.69, 9.17) is 4.98 Å². The first-order valence-electron chi connectivity index (χ1n) is 13.5. The number of nitrogens with zero attached hydrogens (tertiary/aromatic N) is 5. The number of likely N-dealkylation sites (tertiary alicyclic amines) is 1. The monoisotopic (exact) mass is 514 g/mol. The molecule has 1 N–H and O–H groups in total. The Labute approximate surface area is 229 Å². The quantitative estimate of drug-likeness (QED) is 0.336. The maximum atomic E-state index is 13.6. The van der Waals surface area contributed by atoms with Crippen molar-refractivity contribution in [3.63, 3.8) is 0 Å². The van der Waals surface area contributed by atoms with E-state index in [0.717, 1.165) is 58.6 Å². The van der Waals surface area contributed by atoms with Crippen LogP contribution in [-0.4, -0.2) is 51.3 Å². The van der Waals surface area contributed by atoms with E-state index in [1.807, 2.05) is 72.1 Å². The number of benzene rings is 2. The van der Waals surface area contributed by atoms with Gasteiger partial charge in [0, 0.05) is 61.5 Å². The molecule has 3 aromatic heterocycles. The third kappa shape index (κ3) is 5.41. The second-order valence-electron chi connectivity index (χ2n) is 10.2. The first kappa shape index (κ1) is 24.9. The Morgan fingerprint density at radius 3 is 2.51 bits per heavy atom. The first-order valence-corrected chi connectivity index (χ1v) is 13.5. The Balaban J connectivity index is 1.17. The van der Waals surface area contributed by atoms with E-state index < -0.39 is 0 Å². The number of pyridine rings is 1. The third-order valence-corrected chi connectivity index (χ3v) is 7.55. The summed E-state index contributed by atoms with van der Waals surface area (Å²) in [6.07, 6.45) is 8.02. The van der Waals surface area contributed by atoms with Crippen molar-refractivity contribution in [3.05, 3.63) is 119 Å². The summed E-state index contributed by atoms with van der Waals surface area (Å²) in [5.74, 6) is 1.32. The van der Waals surface area contributed by atoms with Crippen LogP contribution in [0.1, 0.15) is 51.5 Å². The molecule has 0 bridgehead atoms. The zero-order chi connectivity index (χ0) is 26.6. The van der Waals surface area contributed by atoms with E-state index in [0.29, 0.717) is 19.6 Å². The number of nitrogens with one attached hydrogen (secondary N) is 1. The van der Waals surface area contributed by atoms with E-state index in [1.165, 1.54) is 5.56 Å². The molecule has 0 radical (unpaired) electrons. The van der Waals surface area contributed by atoms with Crippen LogP contribution < -0.4 is 10.8 Å². The van der Waals surface area contributed by atoms with Crippen molar-refractivity contribution in [2.75, 3.05) is 18.4 Å². The van der Waals surface area contributed by atoms with E-state index in [-0.39, 0.29) is 11.8 Å². The lowest BCUT2D eigenvalue weighted by Crippen LogP contribution is -2.38. The van der Waals surface area contributed by atoms with Gasteiger partial charge >= 0.3 is 0 Å². The predicted octanol–water partition coefficient (Wildman–Crippen LogP) is 3.61. The number of rotatable bonds is 7. The van der Waals surface area contributed by atoms with Gasteiger partial charge < -0.3 is 10.2 Å². The number of piperidine rings is 1. The largest absolute Gasteiger partial charge is 0.366 e. The fourth-order valence-corrected chi connectivity index (χ4v) is 5.37. The Morgan fingerprint density at radius 1 is 0.949 bits per heavy atom. The molecule has 8 heteroatoms. The Kier molecular flexibility index (Phi) is 7.08. The van der Waals surface area contributed by atoms with Crippen LogP contribution in [-0.2, 0) is 13.0 Å². The Morgan fingerprint density at radius 2 is 1.72 bits per heavy atom. The number of aromatic nitrogens is 4. The highest BCUT2D eigenvalue weighted by atomic mass is 16.2. The van der Waals surface area contributed by atoms with Gasteiger partial charge in [0.15, 0.2) is 5.65 Å². The number of amides is 1. The fourth-order valence-electron chi connectivity index (χ4n) is 5.37. The maximum absolute atomic E-state index is 13.6. The van der Waals surface area contributed by atoms with Gasteiger partial charge in [-0.3, -0.25) is 9.78 Å². The molecule has 1 saturated heterocycles. The van der Waals surface area contributed by atoms with Gasteiger partial charge in [0.1, 0.15) is 13.7 Å². The van der Waals surface area contributed by atoms with Gasteiger partial charge in [0.05, 0.1) is 0 Å². The summed E-state index contributed by atoms with van der Waals surface area (Å²) in [5, 5.41) is 8.07. The molecule has 1 fully saturated rings. The molecule has 6 rings (SSSR count). The van der Waals surface area contributed by atoms with Crippen LogP contribution in [0.15, 0.2) is 91.4 Å². The molecule has 7 nitrogen and oxygen atoms in total. The normalized spacial score (nSPS) is 14.0. The van der Waals surface area contributed by atoms with Crippen molar-refractivity contribution in [2.45, 2.75) is 31.7 Å². The highest BCUT2D eigenvalue weighted by molar-refractivity contribution is 6.36. The van der Waals surface area contributed by atoms with Crippen LogP contribution in [0.25, 0.3) is 5.65 Å². The van der Waals surface area contributed by atoms with Gasteiger partial charge in [-0.05, 0) is 53.5 Å². The molecule has 1 aliphatic rings. The summed E-state index contributed by atoms with van der Waals surface area (Å²) in [7, 11) is 2.04. The van der Waals surface area contributed by atoms with Gasteiger partial charge in [-0.25, -0.2) is 4.98 Å². The van der Waals surface area contributed by atoms with Crippen molar-refractivity contribution in [2.24, 2.45) is 0 Å². The zero-order valence-electron chi connectivity index (χ0n) is 22.1. The lowest BCUT2D eigenvalue weighted by atomic mass is 9.91. The fraction of sp³-hybridized carbons (Fsp3) is 0.226. The van der Waals surface area contributed by atoms with Crippen LogP contribution in [0.5, 0.6) is 0 Å². The van der Waals surface area contributed by atoms with Crippen molar-refractivity contribution < 1.29 is 4.79 Å². The van der Waals surface area contributed by atoms with Crippen molar-refractivity contribution in [1.29, 1.82) is 0 Å². The molecule has 0 aliphatic carbocycles. The Bertz CT molecular complexity index is 1580. The molecule has 1 aliphatic heterocycles. The van der Waals surface area contributed by atoms with Gasteiger partial charge in [0.25, 0.3) is 5.91 Å². The van der Waals surface area contributed by atoms with Gasteiger partial charge in [-0.2, -0.15) is 9.61 Å². The van der Waals surface area contributed by atoms with Crippen LogP contribution in [0, 0.1) is 0 Å². The highest BCUT2D eigenvalue weighted by Gasteiger charge is 2.27. The SMILES string of the molecule is Bc1cnn2c(NCc3cccnc3)cc(C3CCN(C(=O)c4ccccc4Cc4ccccc4)CC3)nc12. The van der Waals surface area contributed by atoms with Crippen molar-refractivity contribution >= 4 is 30.7 Å². The maximum Gasteiger partial charge on any atom is 0.254 e. The van der Waals surface area contributed by atoms with Crippen LogP contribution in [0.4, 0.5) is 5.82 Å². The molecule has 5 aromatic rings. The highest BCUT2D eigenvalue weighted by Crippen LogP contribution is 2.30. The number of carbonyl (C=O) groups excluding carboxylic acids is 1. The second-order valence-corrected chi connectivity index (χ2v) is 10.2. The molecule has 39 heavy (non-hydrogen) atoms. The number of hydrogen-bond donors (Lipinski definition) is 1. The molecule has 0 saturated carbocycles. The van der Waals surface area contributed by atoms with E-state index >= 15 is 0 Å². The van der Waals surface area contributed by atoms with Crippen LogP contribution in [0.2, 0.25) is 0 Å². The lowest BCUT2D eigenvalue weighted by molar-refractivity contribution is 0.0711. The molecule has 2 aromatic carbocycles. The van der Waals surface area contributed by atoms with Gasteiger partial charge in [-0.15, -0.1) is 0 Å². The molecule has 0 atom stereocenters. The molecular weight excluding hydrogens is 483 g/mol. The van der Waals surface area contributed by atoms with E-state index in [9.17, 15) is 4.79 Å². The zero-order valence-corrected chi connectivity index (χ0v) is 22.1. The molecule has 1 amide bonds. The minimum atomic E-state index is 0.119. The summed E-state index contributed by atoms with van der Waals surface area (Å²) < 4.78 is 1.87. The molecule has 4 heterocycles. The minimum Gasteiger partial charge on any atom is -0.366 e. The summed E-state index contributed by atoms with van der Waals surface area (Å²) in [5.41, 5.74) is 7.16. The van der Waals surface area contributed by atoms with Crippen LogP contribution in [0.3, 0.4) is 0 Å². The summed E-state index contributed by atoms with van der Waals surface area (Å²) in [6.45, 7) is 2.08. The predicted molar refractivity (Wildman–Crippen MR) is 156 cm³/mol. The van der Waals surface area contributed by atoms with Crippen molar-refractivity contribution in [3.8, 4) is 0 Å². The summed E-state index contributed by atoms with van der Waals surface area (Å²) in [4.78, 5) is 24.8. The van der Waals surface area contributed by atoms with E-state index in [2.05, 4.69) is 45.7 Å². The summed E-state index contributed by atoms with van der Waals surface area (Å²) in [6, 6.07) is 24.4. The number of anilines is 1. The smallest absolute Gasteiger partial charge is 0.254 e. The lowest BCUT2D eigenvalue weighted by Gasteiger charge is -2.32. The van der Waals surface area contributed by atoms with Gasteiger partial charge in [-0.1, -0.05) is 54.6 Å². The topological polar surface area (TPSA) is 75.4 Å². The van der Waals surface area contributed by atoms with Crippen LogP contribution >= 0.6 is 0 Å². The molecule has 0 unspecified atom stereocenters. The standard InChI is InChI=1S/C31H31BN6O/c32-27-21-35-38-29(34-20-23-9-6-14-33-19-23)18-28(36-30(27)38)24-12-15-37(16-13-24)31(39)26-11-5-4-10-25(26)17-22-7-2-1-3-8-22/h1-11,14,18-19,21,24,34H,12-13,15-17,20,32H2. The molecule has 194 valence electrons.